The van der Waals surface area contributed by atoms with Crippen LogP contribution in [0.1, 0.15) is 236 Å². The maximum atomic E-state index is 4.64. The van der Waals surface area contributed by atoms with Crippen LogP contribution < -0.4 is 0 Å². The van der Waals surface area contributed by atoms with Crippen molar-refractivity contribution in [3.8, 4) is 11.1 Å². The molecular weight excluding hydrogens is 1230 g/mol. The minimum absolute atomic E-state index is 0.148. The van der Waals surface area contributed by atoms with Gasteiger partial charge < -0.3 is 0 Å². The fraction of sp³-hybridized carbons (Fsp3) is 0.372. The molecule has 4 heterocycles. The molecule has 0 saturated heterocycles. The number of nitrogens with zero attached hydrogens (tertiary/aromatic N) is 5. The summed E-state index contributed by atoms with van der Waals surface area (Å²) in [5, 5.41) is 5.15. The Bertz CT molecular complexity index is 4770. The van der Waals surface area contributed by atoms with E-state index in [0.717, 1.165) is 40.7 Å². The molecule has 15 rings (SSSR count). The van der Waals surface area contributed by atoms with Crippen LogP contribution in [-0.4, -0.2) is 24.9 Å². The molecule has 0 spiro atoms. The first-order valence-electron chi connectivity index (χ1n) is 36.3. The normalized spacial score (nSPS) is 13.2. The molecule has 0 fully saturated rings. The molecule has 100 heavy (non-hydrogen) atoms. The Morgan fingerprint density at radius 1 is 0.350 bits per heavy atom. The number of aromatic nitrogens is 4. The van der Waals surface area contributed by atoms with Gasteiger partial charge in [-0.1, -0.05) is 315 Å². The number of benzene rings is 9. The molecule has 0 amide bonds. The third-order valence-electron chi connectivity index (χ3n) is 19.2. The van der Waals surface area contributed by atoms with Crippen LogP contribution in [0, 0.1) is 6.92 Å². The number of para-hydroxylation sites is 1. The Morgan fingerprint density at radius 2 is 0.860 bits per heavy atom. The Balaban J connectivity index is 0.000000136. The molecule has 3 aromatic heterocycles. The molecular formula is C94H113N5S. The van der Waals surface area contributed by atoms with Gasteiger partial charge in [0.15, 0.2) is 0 Å². The number of hydrogen-bond donors (Lipinski definition) is 0. The lowest BCUT2D eigenvalue weighted by atomic mass is 9.78. The summed E-state index contributed by atoms with van der Waals surface area (Å²) in [6, 6.07) is 71.5. The van der Waals surface area contributed by atoms with Gasteiger partial charge in [-0.3, -0.25) is 15.0 Å². The molecule has 6 heteroatoms. The largest absolute Gasteiger partial charge is 0.288 e. The van der Waals surface area contributed by atoms with Crippen molar-refractivity contribution >= 4 is 61.6 Å². The van der Waals surface area contributed by atoms with E-state index >= 15 is 0 Å². The fourth-order valence-corrected chi connectivity index (χ4v) is 14.1. The maximum Gasteiger partial charge on any atom is 0.108 e. The van der Waals surface area contributed by atoms with Crippen molar-refractivity contribution in [1.29, 1.82) is 0 Å². The van der Waals surface area contributed by atoms with Crippen LogP contribution in [0.4, 0.5) is 0 Å². The van der Waals surface area contributed by atoms with E-state index in [-0.39, 0.29) is 32.5 Å². The average Bonchev–Trinajstić information content (AvgIpc) is 1.60. The summed E-state index contributed by atoms with van der Waals surface area (Å²) in [5.74, 6) is 0. The van der Waals surface area contributed by atoms with E-state index in [4.69, 9.17) is 0 Å². The second-order valence-electron chi connectivity index (χ2n) is 34.7. The topological polar surface area (TPSA) is 63.9 Å². The predicted octanol–water partition coefficient (Wildman–Crippen LogP) is 25.8. The quantitative estimate of drug-likeness (QED) is 0.152. The van der Waals surface area contributed by atoms with Gasteiger partial charge >= 0.3 is 0 Å². The highest BCUT2D eigenvalue weighted by molar-refractivity contribution is 7.00. The van der Waals surface area contributed by atoms with E-state index in [1.807, 2.05) is 37.5 Å². The molecule has 0 atom stereocenters. The summed E-state index contributed by atoms with van der Waals surface area (Å²) in [5.41, 5.74) is 28.4. The van der Waals surface area contributed by atoms with Gasteiger partial charge in [-0.15, -0.1) is 0 Å². The zero-order chi connectivity index (χ0) is 72.6. The van der Waals surface area contributed by atoms with E-state index in [1.165, 1.54) is 126 Å². The van der Waals surface area contributed by atoms with Gasteiger partial charge in [0.1, 0.15) is 11.0 Å². The number of aliphatic imine (C=N–C) groups is 1. The van der Waals surface area contributed by atoms with Gasteiger partial charge in [-0.25, -0.2) is 0 Å². The van der Waals surface area contributed by atoms with Crippen molar-refractivity contribution in [2.24, 2.45) is 4.99 Å². The number of pyridine rings is 2. The number of aryl methyl sites for hydroxylation is 2. The monoisotopic (exact) mass is 1340 g/mol. The van der Waals surface area contributed by atoms with Gasteiger partial charge in [-0.2, -0.15) is 8.75 Å². The molecule has 2 aliphatic carbocycles. The SMILES string of the molecule is CC(C)(C)c1ccc2c(c1)C=NC2.CC(C)(C)c1ccc2ccccc2c1.CC(C)(C)c1cccc2c1CCCC2.CC(C)(C)c1cccc2c1Cc1ccccc1-2.CC(C)(C)c1cccc2ncccc12.CC(C)(C)c1cccc2nsnc12.Cc1ccc2cccc(C(C)(C)C)c2n1. The highest BCUT2D eigenvalue weighted by atomic mass is 32.1. The first-order chi connectivity index (χ1) is 47.0. The minimum atomic E-state index is 0.148. The van der Waals surface area contributed by atoms with E-state index in [9.17, 15) is 0 Å². The molecule has 3 aliphatic rings. The molecule has 0 unspecified atom stereocenters. The molecule has 0 N–H and O–H groups in total. The highest BCUT2D eigenvalue weighted by Gasteiger charge is 2.27. The predicted molar refractivity (Wildman–Crippen MR) is 436 cm³/mol. The molecule has 5 nitrogen and oxygen atoms in total. The smallest absolute Gasteiger partial charge is 0.108 e. The van der Waals surface area contributed by atoms with Crippen LogP contribution in [0.3, 0.4) is 0 Å². The summed E-state index contributed by atoms with van der Waals surface area (Å²) in [4.78, 5) is 13.2. The van der Waals surface area contributed by atoms with Gasteiger partial charge in [0, 0.05) is 28.9 Å². The van der Waals surface area contributed by atoms with E-state index in [0.29, 0.717) is 5.41 Å². The standard InChI is InChI=1S/C17H18.C14H17N.C14H20.C14H16.C13H15N.C12H15N.C10H12N2S/c1-17(2,3)16-10-6-9-14-13-8-5-4-7-12(13)11-15(14)16;1-10-8-9-11-6-5-7-12(13(11)15-10)14(2,3)4;1-14(2,3)13-10-6-8-11-7-4-5-9-12(11)13;1-14(2,3)13-9-8-11-6-4-5-7-12(11)10-13;1-13(2,3)11-7-4-8-12-10(11)6-5-9-14-12;1-12(2,3)11-5-4-9-7-13-8-10(9)6-11;1-10(2,3)7-5-4-6-8-9(7)12-13-11-8/h4-10H,11H2,1-3H3;5-9H,1-4H3;6,8,10H,4-5,7,9H2,1-3H3;4-10H,1-3H3;4-9H,1-3H3;4-6,8H,7H2,1-3H3;4-6H,1-3H3. The maximum absolute atomic E-state index is 4.64. The van der Waals surface area contributed by atoms with E-state index < -0.39 is 0 Å². The van der Waals surface area contributed by atoms with Crippen LogP contribution in [-0.2, 0) is 63.7 Å². The van der Waals surface area contributed by atoms with Crippen molar-refractivity contribution in [1.82, 2.24) is 18.7 Å². The second kappa shape index (κ2) is 31.2. The molecule has 9 aromatic carbocycles. The van der Waals surface area contributed by atoms with Crippen LogP contribution >= 0.6 is 11.7 Å². The van der Waals surface area contributed by atoms with Gasteiger partial charge in [0.25, 0.3) is 0 Å². The molecule has 0 bridgehead atoms. The third-order valence-corrected chi connectivity index (χ3v) is 19.7. The number of hydrogen-bond acceptors (Lipinski definition) is 6. The average molecular weight is 1350 g/mol. The zero-order valence-corrected chi connectivity index (χ0v) is 65.4. The highest BCUT2D eigenvalue weighted by Crippen LogP contribution is 2.42. The van der Waals surface area contributed by atoms with Crippen molar-refractivity contribution in [2.75, 3.05) is 0 Å². The second-order valence-corrected chi connectivity index (χ2v) is 35.2. The van der Waals surface area contributed by atoms with Gasteiger partial charge in [0.2, 0.25) is 0 Å². The molecule has 0 radical (unpaired) electrons. The summed E-state index contributed by atoms with van der Waals surface area (Å²) >= 11 is 1.28. The van der Waals surface area contributed by atoms with Crippen LogP contribution in [0.15, 0.2) is 211 Å². The van der Waals surface area contributed by atoms with Crippen LogP contribution in [0.2, 0.25) is 0 Å². The van der Waals surface area contributed by atoms with E-state index in [1.54, 1.807) is 16.7 Å². The lowest BCUT2D eigenvalue weighted by Crippen LogP contribution is -2.17. The molecule has 12 aromatic rings. The summed E-state index contributed by atoms with van der Waals surface area (Å²) in [6.07, 6.45) is 10.3. The fourth-order valence-electron chi connectivity index (χ4n) is 13.6. The number of fused-ring (bicyclic) bond motifs is 9. The summed E-state index contributed by atoms with van der Waals surface area (Å²) in [6.45, 7) is 50.2. The zero-order valence-electron chi connectivity index (χ0n) is 64.6. The van der Waals surface area contributed by atoms with Crippen molar-refractivity contribution in [3.63, 3.8) is 0 Å². The lowest BCUT2D eigenvalue weighted by Gasteiger charge is -2.27. The Labute approximate surface area is 605 Å². The Kier molecular flexibility index (Phi) is 23.6. The first-order valence-corrected chi connectivity index (χ1v) is 37.1. The number of rotatable bonds is 0. The van der Waals surface area contributed by atoms with Crippen molar-refractivity contribution < 1.29 is 0 Å². The summed E-state index contributed by atoms with van der Waals surface area (Å²) < 4.78 is 8.54. The Hall–Kier alpha value is -8.45. The minimum Gasteiger partial charge on any atom is -0.288 e. The first kappa shape index (κ1) is 75.7. The summed E-state index contributed by atoms with van der Waals surface area (Å²) in [7, 11) is 0. The Morgan fingerprint density at radius 3 is 1.53 bits per heavy atom. The molecule has 520 valence electrons. The molecule has 0 saturated carbocycles. The van der Waals surface area contributed by atoms with E-state index in [2.05, 4.69) is 351 Å². The molecule has 1 aliphatic heterocycles. The van der Waals surface area contributed by atoms with Gasteiger partial charge in [0.05, 0.1) is 29.3 Å². The van der Waals surface area contributed by atoms with Gasteiger partial charge in [-0.05, 0) is 201 Å². The third kappa shape index (κ3) is 19.3. The van der Waals surface area contributed by atoms with Crippen LogP contribution in [0.5, 0.6) is 0 Å². The lowest BCUT2D eigenvalue weighted by molar-refractivity contribution is 0.568. The van der Waals surface area contributed by atoms with Crippen LogP contribution in [0.25, 0.3) is 54.7 Å². The van der Waals surface area contributed by atoms with Crippen molar-refractivity contribution in [3.05, 3.63) is 284 Å². The van der Waals surface area contributed by atoms with Crippen molar-refractivity contribution in [2.45, 2.75) is 229 Å².